The number of carbonyl (C=O) groups excluding carboxylic acids is 1. The quantitative estimate of drug-likeness (QED) is 0.809. The molecular formula is C17H21NO2S. The maximum Gasteiger partial charge on any atom is 0.220 e. The Balaban J connectivity index is 1.67. The highest BCUT2D eigenvalue weighted by Gasteiger charge is 2.12. The Kier molecular flexibility index (Phi) is 6.44. The summed E-state index contributed by atoms with van der Waals surface area (Å²) in [7, 11) is 1.67. The smallest absolute Gasteiger partial charge is 0.220 e. The van der Waals surface area contributed by atoms with Crippen LogP contribution in [0.3, 0.4) is 0 Å². The molecule has 0 radical (unpaired) electrons. The van der Waals surface area contributed by atoms with Crippen LogP contribution in [-0.4, -0.2) is 19.6 Å². The van der Waals surface area contributed by atoms with Crippen molar-refractivity contribution in [3.63, 3.8) is 0 Å². The van der Waals surface area contributed by atoms with E-state index in [0.29, 0.717) is 13.0 Å². The van der Waals surface area contributed by atoms with Crippen LogP contribution < -0.4 is 5.32 Å². The van der Waals surface area contributed by atoms with E-state index in [-0.39, 0.29) is 12.0 Å². The fourth-order valence-electron chi connectivity index (χ4n) is 2.19. The minimum Gasteiger partial charge on any atom is -0.375 e. The maximum absolute atomic E-state index is 11.9. The van der Waals surface area contributed by atoms with Gasteiger partial charge in [-0.15, -0.1) is 0 Å². The van der Waals surface area contributed by atoms with Crippen molar-refractivity contribution in [2.24, 2.45) is 0 Å². The molecule has 0 aliphatic heterocycles. The molecule has 0 saturated carbocycles. The lowest BCUT2D eigenvalue weighted by molar-refractivity contribution is -0.121. The number of ether oxygens (including phenoxy) is 1. The van der Waals surface area contributed by atoms with E-state index in [0.717, 1.165) is 18.4 Å². The lowest BCUT2D eigenvalue weighted by Crippen LogP contribution is -2.28. The van der Waals surface area contributed by atoms with Crippen LogP contribution >= 0.6 is 11.3 Å². The average molecular weight is 303 g/mol. The zero-order valence-electron chi connectivity index (χ0n) is 12.2. The fourth-order valence-corrected chi connectivity index (χ4v) is 2.89. The highest BCUT2D eigenvalue weighted by Crippen LogP contribution is 2.18. The average Bonchev–Trinajstić information content (AvgIpc) is 3.03. The van der Waals surface area contributed by atoms with Gasteiger partial charge in [-0.3, -0.25) is 4.79 Å². The molecule has 112 valence electrons. The van der Waals surface area contributed by atoms with Gasteiger partial charge >= 0.3 is 0 Å². The van der Waals surface area contributed by atoms with Gasteiger partial charge in [0.05, 0.1) is 0 Å². The van der Waals surface area contributed by atoms with Gasteiger partial charge in [-0.2, -0.15) is 11.3 Å². The first kappa shape index (κ1) is 15.7. The lowest BCUT2D eigenvalue weighted by atomic mass is 10.1. The number of aryl methyl sites for hydroxylation is 1. The Morgan fingerprint density at radius 1 is 1.29 bits per heavy atom. The molecule has 2 rings (SSSR count). The van der Waals surface area contributed by atoms with Gasteiger partial charge in [0.25, 0.3) is 0 Å². The summed E-state index contributed by atoms with van der Waals surface area (Å²) in [6.45, 7) is 0.525. The second-order valence-corrected chi connectivity index (χ2v) is 5.70. The lowest BCUT2D eigenvalue weighted by Gasteiger charge is -2.15. The summed E-state index contributed by atoms with van der Waals surface area (Å²) in [5, 5.41) is 7.02. The minimum atomic E-state index is -0.0608. The second-order valence-electron chi connectivity index (χ2n) is 4.92. The number of hydrogen-bond donors (Lipinski definition) is 1. The molecule has 2 aromatic rings. The summed E-state index contributed by atoms with van der Waals surface area (Å²) in [6.07, 6.45) is 2.29. The number of rotatable bonds is 8. The first-order valence-electron chi connectivity index (χ1n) is 7.15. The van der Waals surface area contributed by atoms with Gasteiger partial charge in [0, 0.05) is 20.1 Å². The maximum atomic E-state index is 11.9. The van der Waals surface area contributed by atoms with Crippen LogP contribution in [0, 0.1) is 0 Å². The first-order valence-corrected chi connectivity index (χ1v) is 8.09. The van der Waals surface area contributed by atoms with Gasteiger partial charge in [-0.1, -0.05) is 30.3 Å². The predicted molar refractivity (Wildman–Crippen MR) is 86.5 cm³/mol. The second kappa shape index (κ2) is 8.60. The molecule has 0 spiro atoms. The van der Waals surface area contributed by atoms with Crippen LogP contribution in [-0.2, 0) is 16.0 Å². The molecule has 3 nitrogen and oxygen atoms in total. The molecule has 1 unspecified atom stereocenters. The Hall–Kier alpha value is -1.65. The van der Waals surface area contributed by atoms with E-state index in [1.54, 1.807) is 18.4 Å². The number of carbonyl (C=O) groups is 1. The molecule has 0 fully saturated rings. The summed E-state index contributed by atoms with van der Waals surface area (Å²) in [5.74, 6) is 0.0863. The number of nitrogens with one attached hydrogen (secondary N) is 1. The largest absolute Gasteiger partial charge is 0.375 e. The normalized spacial score (nSPS) is 12.0. The predicted octanol–water partition coefficient (Wildman–Crippen LogP) is 3.57. The highest BCUT2D eigenvalue weighted by molar-refractivity contribution is 7.07. The van der Waals surface area contributed by atoms with Crippen LogP contribution in [0.25, 0.3) is 0 Å². The van der Waals surface area contributed by atoms with Gasteiger partial charge in [-0.05, 0) is 40.8 Å². The van der Waals surface area contributed by atoms with Crippen LogP contribution in [0.15, 0.2) is 47.2 Å². The number of hydrogen-bond acceptors (Lipinski definition) is 3. The third-order valence-corrected chi connectivity index (χ3v) is 4.10. The molecule has 1 atom stereocenters. The molecule has 1 aromatic carbocycles. The van der Waals surface area contributed by atoms with E-state index >= 15 is 0 Å². The summed E-state index contributed by atoms with van der Waals surface area (Å²) in [5.41, 5.74) is 2.39. The first-order chi connectivity index (χ1) is 10.3. The number of methoxy groups -OCH3 is 1. The highest BCUT2D eigenvalue weighted by atomic mass is 32.1. The van der Waals surface area contributed by atoms with E-state index in [4.69, 9.17) is 4.74 Å². The van der Waals surface area contributed by atoms with Gasteiger partial charge in [0.1, 0.15) is 6.10 Å². The third-order valence-electron chi connectivity index (χ3n) is 3.40. The Morgan fingerprint density at radius 2 is 2.10 bits per heavy atom. The molecule has 0 saturated heterocycles. The molecule has 0 aliphatic rings. The van der Waals surface area contributed by atoms with Crippen LogP contribution in [0.5, 0.6) is 0 Å². The molecule has 1 heterocycles. The monoisotopic (exact) mass is 303 g/mol. The summed E-state index contributed by atoms with van der Waals surface area (Å²) < 4.78 is 5.41. The summed E-state index contributed by atoms with van der Waals surface area (Å²) in [6, 6.07) is 12.3. The van der Waals surface area contributed by atoms with Crippen molar-refractivity contribution in [1.29, 1.82) is 0 Å². The van der Waals surface area contributed by atoms with Crippen molar-refractivity contribution >= 4 is 17.2 Å². The van der Waals surface area contributed by atoms with Crippen molar-refractivity contribution in [3.8, 4) is 0 Å². The number of benzene rings is 1. The molecule has 1 N–H and O–H groups in total. The van der Waals surface area contributed by atoms with Gasteiger partial charge in [0.15, 0.2) is 0 Å². The van der Waals surface area contributed by atoms with E-state index in [1.165, 1.54) is 5.56 Å². The Bertz CT molecular complexity index is 525. The summed E-state index contributed by atoms with van der Waals surface area (Å²) >= 11 is 1.64. The van der Waals surface area contributed by atoms with Crippen LogP contribution in [0.4, 0.5) is 0 Å². The fraction of sp³-hybridized carbons (Fsp3) is 0.353. The van der Waals surface area contributed by atoms with Crippen LogP contribution in [0.2, 0.25) is 0 Å². The van der Waals surface area contributed by atoms with Crippen molar-refractivity contribution in [3.05, 3.63) is 58.3 Å². The molecular weight excluding hydrogens is 282 g/mol. The van der Waals surface area contributed by atoms with Crippen molar-refractivity contribution < 1.29 is 9.53 Å². The van der Waals surface area contributed by atoms with Crippen molar-refractivity contribution in [1.82, 2.24) is 5.32 Å². The third kappa shape index (κ3) is 5.33. The van der Waals surface area contributed by atoms with Crippen molar-refractivity contribution in [2.45, 2.75) is 25.4 Å². The minimum absolute atomic E-state index is 0.0608. The SMILES string of the molecule is COC(CNC(=O)CCCc1ccccc1)c1ccsc1. The molecule has 1 aromatic heterocycles. The number of amides is 1. The van der Waals surface area contributed by atoms with E-state index in [9.17, 15) is 4.79 Å². The molecule has 4 heteroatoms. The van der Waals surface area contributed by atoms with E-state index in [2.05, 4.69) is 22.8 Å². The van der Waals surface area contributed by atoms with Crippen molar-refractivity contribution in [2.75, 3.05) is 13.7 Å². The molecule has 0 bridgehead atoms. The zero-order chi connectivity index (χ0) is 14.9. The Morgan fingerprint density at radius 3 is 2.76 bits per heavy atom. The van der Waals surface area contributed by atoms with Gasteiger partial charge in [0.2, 0.25) is 5.91 Å². The van der Waals surface area contributed by atoms with Gasteiger partial charge in [-0.25, -0.2) is 0 Å². The van der Waals surface area contributed by atoms with Crippen LogP contribution in [0.1, 0.15) is 30.1 Å². The van der Waals surface area contributed by atoms with E-state index in [1.807, 2.05) is 29.6 Å². The zero-order valence-corrected chi connectivity index (χ0v) is 13.1. The van der Waals surface area contributed by atoms with E-state index < -0.39 is 0 Å². The topological polar surface area (TPSA) is 38.3 Å². The molecule has 1 amide bonds. The number of thiophene rings is 1. The standard InChI is InChI=1S/C17H21NO2S/c1-20-16(15-10-11-21-13-15)12-18-17(19)9-5-8-14-6-3-2-4-7-14/h2-4,6-7,10-11,13,16H,5,8-9,12H2,1H3,(H,18,19). The Labute approximate surface area is 130 Å². The summed E-state index contributed by atoms with van der Waals surface area (Å²) in [4.78, 5) is 11.9. The van der Waals surface area contributed by atoms with Gasteiger partial charge < -0.3 is 10.1 Å². The molecule has 0 aliphatic carbocycles. The molecule has 21 heavy (non-hydrogen) atoms.